The molecule has 0 aromatic carbocycles. The van der Waals surface area contributed by atoms with E-state index in [0.717, 1.165) is 110 Å². The van der Waals surface area contributed by atoms with Crippen LogP contribution in [0.5, 0.6) is 0 Å². The van der Waals surface area contributed by atoms with E-state index in [9.17, 15) is 23.1 Å². The summed E-state index contributed by atoms with van der Waals surface area (Å²) in [7, 11) is 6.25. The molecule has 13 fully saturated rings. The van der Waals surface area contributed by atoms with Gasteiger partial charge in [-0.3, -0.25) is 53.8 Å². The zero-order valence-electron chi connectivity index (χ0n) is 96.2. The van der Waals surface area contributed by atoms with Gasteiger partial charge in [0.2, 0.25) is 6.04 Å². The van der Waals surface area contributed by atoms with Gasteiger partial charge in [-0.1, -0.05) is 69.2 Å². The first-order chi connectivity index (χ1) is 60.3. The minimum absolute atomic E-state index is 0.0655. The average Bonchev–Trinajstić information content (AvgIpc) is 0.968. The second kappa shape index (κ2) is 59.0. The maximum atomic E-state index is 12.3. The molecule has 798 valence electrons. The molecule has 0 spiro atoms. The Balaban J connectivity index is 0. The van der Waals surface area contributed by atoms with Crippen LogP contribution in [-0.4, -0.2) is 394 Å². The Kier molecular flexibility index (Phi) is 58.8. The third-order valence-electron chi connectivity index (χ3n) is 26.5. The van der Waals surface area contributed by atoms with Crippen molar-refractivity contribution in [3.05, 3.63) is 11.4 Å². The molecular weight excluding hydrogens is 1690 g/mol. The molecule has 1 saturated carbocycles. The lowest BCUT2D eigenvalue weighted by Gasteiger charge is -2.47. The predicted molar refractivity (Wildman–Crippen MR) is 562 cm³/mol. The number of ether oxygens (including phenoxy) is 2. The maximum absolute atomic E-state index is 12.3. The fourth-order valence-electron chi connectivity index (χ4n) is 16.2. The molecule has 1 unspecified atom stereocenters. The van der Waals surface area contributed by atoms with E-state index in [0.29, 0.717) is 58.0 Å². The largest absolute Gasteiger partial charge is 0.462 e. The third kappa shape index (κ3) is 64.2. The zero-order chi connectivity index (χ0) is 105. The van der Waals surface area contributed by atoms with Gasteiger partial charge in [0, 0.05) is 147 Å². The molecule has 12 saturated heterocycles. The first-order valence-corrected chi connectivity index (χ1v) is 52.0. The van der Waals surface area contributed by atoms with Gasteiger partial charge in [0.1, 0.15) is 12.3 Å². The molecule has 1 atom stereocenters. The number of aliphatic hydroxyl groups excluding tert-OH is 2. The minimum atomic E-state index is -2.42. The maximum Gasteiger partial charge on any atom is 0.373 e. The van der Waals surface area contributed by atoms with Crippen LogP contribution in [0.4, 0.5) is 13.2 Å². The van der Waals surface area contributed by atoms with Crippen molar-refractivity contribution >= 4 is 12.6 Å². The number of hydrogen-bond donors (Lipinski definition) is 3. The molecule has 22 nitrogen and oxygen atoms in total. The van der Waals surface area contributed by atoms with Crippen LogP contribution in [0.15, 0.2) is 0 Å². The zero-order valence-corrected chi connectivity index (χ0v) is 96.2. The molecule has 0 bridgehead atoms. The van der Waals surface area contributed by atoms with Crippen molar-refractivity contribution in [2.75, 3.05) is 205 Å². The smallest absolute Gasteiger partial charge is 0.373 e. The molecule has 1 aliphatic carbocycles. The van der Waals surface area contributed by atoms with E-state index in [1.807, 2.05) is 34.7 Å². The van der Waals surface area contributed by atoms with Crippen molar-refractivity contribution in [1.82, 2.24) is 63.7 Å². The molecule has 0 radical (unpaired) electrons. The summed E-state index contributed by atoms with van der Waals surface area (Å²) in [6.07, 6.45) is 16.0. The molecule has 0 amide bonds. The second-order valence-electron chi connectivity index (χ2n) is 54.5. The van der Waals surface area contributed by atoms with Gasteiger partial charge in [-0.25, -0.2) is 19.7 Å². The Morgan fingerprint density at radius 3 is 0.970 bits per heavy atom. The first-order valence-electron chi connectivity index (χ1n) is 52.0. The summed E-state index contributed by atoms with van der Waals surface area (Å²) in [4.78, 5) is 59.7. The summed E-state index contributed by atoms with van der Waals surface area (Å²) < 4.78 is 46.8. The van der Waals surface area contributed by atoms with Gasteiger partial charge in [-0.05, 0) is 393 Å². The molecule has 0 aromatic rings. The third-order valence-corrected chi connectivity index (χ3v) is 26.5. The normalized spacial score (nSPS) is 22.5. The van der Waals surface area contributed by atoms with Crippen LogP contribution in [-0.2, 0) is 23.9 Å². The van der Waals surface area contributed by atoms with E-state index >= 15 is 0 Å². The Labute approximate surface area is 826 Å². The Morgan fingerprint density at radius 1 is 0.440 bits per heavy atom. The Hall–Kier alpha value is -2.55. The number of alkyl halides is 3. The van der Waals surface area contributed by atoms with Gasteiger partial charge in [0.05, 0.1) is 57.2 Å². The molecule has 13 rings (SSSR count). The predicted octanol–water partition coefficient (Wildman–Crippen LogP) is 19.6. The quantitative estimate of drug-likeness (QED) is 0.154. The van der Waals surface area contributed by atoms with E-state index in [1.165, 1.54) is 136 Å². The van der Waals surface area contributed by atoms with Crippen LogP contribution in [0.25, 0.3) is 4.85 Å². The van der Waals surface area contributed by atoms with Crippen LogP contribution in [0.2, 0.25) is 0 Å². The van der Waals surface area contributed by atoms with Crippen LogP contribution in [0, 0.1) is 34.7 Å². The van der Waals surface area contributed by atoms with Crippen LogP contribution in [0.3, 0.4) is 0 Å². The highest BCUT2D eigenvalue weighted by Gasteiger charge is 2.48. The first kappa shape index (κ1) is 133. The summed E-state index contributed by atoms with van der Waals surface area (Å²) in [5.41, 5.74) is 3.88. The van der Waals surface area contributed by atoms with Gasteiger partial charge >= 0.3 is 6.15 Å². The monoisotopic (exact) mass is 1910 g/mol. The fraction of sp³-hybridized carbons (Fsp3) is 0.972. The number of nitrogens with zero attached hydrogens (tertiary/aromatic N) is 14. The molecule has 0 aromatic heterocycles. The van der Waals surface area contributed by atoms with E-state index in [4.69, 9.17) is 35.8 Å². The highest BCUT2D eigenvalue weighted by molar-refractivity contribution is 5.37. The number of likely N-dealkylation sites (tertiary alicyclic amines) is 11. The number of carbonyl (C=O) groups is 1. The summed E-state index contributed by atoms with van der Waals surface area (Å²) in [5, 5.41) is 27.2. The summed E-state index contributed by atoms with van der Waals surface area (Å²) in [5.74, 6) is -0.440. The van der Waals surface area contributed by atoms with Gasteiger partial charge in [-0.15, -0.1) is 0 Å². The Bertz CT molecular complexity index is 3000. The van der Waals surface area contributed by atoms with Crippen molar-refractivity contribution in [3.63, 3.8) is 0 Å². The highest BCUT2D eigenvalue weighted by atomic mass is 19.3. The number of likely N-dealkylation sites (N-methyl/N-ethyl adjacent to an activating group) is 1. The van der Waals surface area contributed by atoms with Crippen molar-refractivity contribution < 1.29 is 52.3 Å². The van der Waals surface area contributed by atoms with E-state index in [2.05, 4.69) is 334 Å². The standard InChI is InChI=1S/C11H23N.C9H21N.C8H14N2.C8H15NO2.2C8H17NO.2C8H17N.C7H13F2N.C7H14FN.C7H15NO.C7H15N.C7H14.C5H11NO.CO2/c1-11(2,3)7-6-10-12-8-4-5-9-12;1-9(2,3)7-6-8-10(4)5;1-8(2,3)10-5-7(6-10)9-4;1-8(2,3)9-4-7(5-9)11-6-10;1-8(2,3)9-4-6-10-7-5-9;1-8(2,3)9-5-4-7(10)6-9;1-7-5-9(6-7)8(2,3)4;1-8(2,3)9-6-4-5-7-9;1-6(2,3)10-4-7(8,9)5-10;1-7(2,3)9-4-6(8)5-9;1-7(2,3)8-4-6(9)5-8;1-7(2,3)8-5-4-6-8;1-7(2,3)6-4-5-6;1-5(7)3-6(2)4-5;2-1-3/h4-10H2,1-3H3;6-8H2,1-5H3;7H,5-6H2,1-3H3;6-7H,4-5H2,1-3H3;4-7H2,1-3H3;7,10H,4-6H2,1-3H3;7H,5-6H2,1-4H3;4-7H2,1-3H3;4-5H2,1-3H3;6H,4-5H2,1-3H3;6,9H,4-5H2,1-3H3;4-6H2,1-3H3;6H,4-5H2,1-3H3;7H,3-4H2,1-2H3;. The van der Waals surface area contributed by atoms with Crippen LogP contribution in [0.1, 0.15) is 361 Å². The van der Waals surface area contributed by atoms with Gasteiger partial charge < -0.3 is 44.3 Å². The summed E-state index contributed by atoms with van der Waals surface area (Å²) in [6.45, 7) is 125. The molecule has 12 heterocycles. The van der Waals surface area contributed by atoms with E-state index in [1.54, 1.807) is 4.90 Å². The number of β-amino-alcohol motifs (C(OH)–C–C–N with tert-alkyl or cyclic N) is 3. The topological polar surface area (TPSA) is 177 Å². The van der Waals surface area contributed by atoms with Gasteiger partial charge in [0.25, 0.3) is 12.4 Å². The number of aliphatic hydroxyl groups is 3. The molecule has 12 aliphatic heterocycles. The van der Waals surface area contributed by atoms with Gasteiger partial charge in [0.15, 0.2) is 0 Å². The van der Waals surface area contributed by atoms with Crippen molar-refractivity contribution in [3.8, 4) is 0 Å². The van der Waals surface area contributed by atoms with Crippen LogP contribution < -0.4 is 0 Å². The Morgan fingerprint density at radius 2 is 0.769 bits per heavy atom. The van der Waals surface area contributed by atoms with E-state index in [-0.39, 0.29) is 82.4 Å². The second-order valence-corrected chi connectivity index (χ2v) is 54.5. The van der Waals surface area contributed by atoms with E-state index < -0.39 is 12.1 Å². The number of hydrogen-bond acceptors (Lipinski definition) is 21. The molecule has 134 heavy (non-hydrogen) atoms. The highest BCUT2D eigenvalue weighted by Crippen LogP contribution is 2.44. The van der Waals surface area contributed by atoms with Crippen molar-refractivity contribution in [2.45, 2.75) is 458 Å². The van der Waals surface area contributed by atoms with Crippen LogP contribution >= 0.6 is 0 Å². The molecule has 25 heteroatoms. The average molecular weight is 1920 g/mol. The number of carbonyl (C=O) groups excluding carboxylic acids is 3. The molecular formula is C109H223F3N14O8. The van der Waals surface area contributed by atoms with Crippen molar-refractivity contribution in [2.24, 2.45) is 28.1 Å². The summed E-state index contributed by atoms with van der Waals surface area (Å²) >= 11 is 0. The fourth-order valence-corrected chi connectivity index (χ4v) is 16.2. The SMILES string of the molecule is CC(C)(C)C1CC1.CC(C)(C)CCCN1CCCC1.CC(C)(C)N1CC(F)(F)C1.CC(C)(C)N1CC(F)C1.CC(C)(C)N1CC(O)C1.CC(C)(C)N1CC(OC=O)C1.CC(C)(C)N1CCC(O)C1.CC(C)(C)N1CCC1.CC(C)(C)N1CCCC1.CC(C)(C)N1CCOCC1.CC1CN(C(C)(C)C)C1.CN(C)CCCC(C)(C)C.CN1CC(C)(O)C1.O=C=O.[C-]#[N+]C1CN(C(C)(C)C)C1. The number of rotatable bonds is 8. The lowest BCUT2D eigenvalue weighted by molar-refractivity contribution is -0.191. The molecule has 13 aliphatic rings. The van der Waals surface area contributed by atoms with Crippen molar-refractivity contribution in [1.29, 1.82) is 0 Å². The minimum Gasteiger partial charge on any atom is -0.462 e. The number of halogens is 3. The summed E-state index contributed by atoms with van der Waals surface area (Å²) in [6, 6.07) is 0.277. The molecule has 3 N–H and O–H groups in total. The van der Waals surface area contributed by atoms with Gasteiger partial charge in [-0.2, -0.15) is 9.59 Å². The lowest BCUT2D eigenvalue weighted by Crippen LogP contribution is -2.62. The number of morpholine rings is 1. The lowest BCUT2D eigenvalue weighted by atomic mass is 9.90.